The second-order valence-electron chi connectivity index (χ2n) is 3.92. The molecule has 0 spiro atoms. The lowest BCUT2D eigenvalue weighted by Gasteiger charge is -2.08. The largest absolute Gasteiger partial charge is 0.492 e. The molecule has 1 nitrogen and oxygen atoms in total. The summed E-state index contributed by atoms with van der Waals surface area (Å²) in [6.07, 6.45) is 4.80. The predicted octanol–water partition coefficient (Wildman–Crippen LogP) is 4.63. The van der Waals surface area contributed by atoms with Gasteiger partial charge in [0.1, 0.15) is 5.75 Å². The monoisotopic (exact) mass is 302 g/mol. The highest BCUT2D eigenvalue weighted by atomic mass is 79.9. The van der Waals surface area contributed by atoms with Crippen molar-refractivity contribution < 1.29 is 4.74 Å². The van der Waals surface area contributed by atoms with Crippen molar-refractivity contribution in [3.05, 3.63) is 28.2 Å². The molecular weight excluding hydrogens is 284 g/mol. The lowest BCUT2D eigenvalue weighted by molar-refractivity contribution is 0.303. The van der Waals surface area contributed by atoms with Gasteiger partial charge in [0.15, 0.2) is 0 Å². The molecule has 0 unspecified atom stereocenters. The third-order valence-corrected chi connectivity index (χ3v) is 3.33. The molecule has 0 radical (unpaired) electrons. The van der Waals surface area contributed by atoms with Crippen molar-refractivity contribution in [1.82, 2.24) is 0 Å². The molecule has 0 atom stereocenters. The highest BCUT2D eigenvalue weighted by Gasteiger charge is 2.00. The van der Waals surface area contributed by atoms with E-state index in [-0.39, 0.29) is 0 Å². The Morgan fingerprint density at radius 3 is 2.62 bits per heavy atom. The Hall–Kier alpha value is -0.150. The normalized spacial score (nSPS) is 10.4. The Bertz CT molecular complexity index is 315. The molecule has 1 aromatic rings. The number of rotatable bonds is 7. The summed E-state index contributed by atoms with van der Waals surface area (Å²) in [4.78, 5) is 0. The number of unbranched alkanes of at least 4 members (excludes halogenated alkanes) is 3. The number of hydrogen-bond acceptors (Lipinski definition) is 2. The Kier molecular flexibility index (Phi) is 6.97. The third kappa shape index (κ3) is 5.26. The average molecular weight is 303 g/mol. The fourth-order valence-corrected chi connectivity index (χ4v) is 2.30. The van der Waals surface area contributed by atoms with E-state index in [2.05, 4.69) is 47.6 Å². The van der Waals surface area contributed by atoms with Gasteiger partial charge in [-0.15, -0.1) is 0 Å². The van der Waals surface area contributed by atoms with E-state index in [9.17, 15) is 0 Å². The van der Waals surface area contributed by atoms with Crippen molar-refractivity contribution >= 4 is 28.6 Å². The van der Waals surface area contributed by atoms with Gasteiger partial charge in [-0.05, 0) is 59.1 Å². The van der Waals surface area contributed by atoms with E-state index in [0.29, 0.717) is 0 Å². The molecule has 0 aromatic heterocycles. The minimum Gasteiger partial charge on any atom is -0.492 e. The number of benzene rings is 1. The summed E-state index contributed by atoms with van der Waals surface area (Å²) in [5.41, 5.74) is 1.24. The van der Waals surface area contributed by atoms with Crippen LogP contribution in [-0.2, 0) is 0 Å². The van der Waals surface area contributed by atoms with Gasteiger partial charge in [0.05, 0.1) is 11.1 Å². The van der Waals surface area contributed by atoms with Crippen LogP contribution in [0, 0.1) is 6.92 Å². The Morgan fingerprint density at radius 1 is 1.19 bits per heavy atom. The summed E-state index contributed by atoms with van der Waals surface area (Å²) < 4.78 is 6.75. The number of hydrogen-bond donors (Lipinski definition) is 1. The van der Waals surface area contributed by atoms with Crippen LogP contribution < -0.4 is 4.74 Å². The number of ether oxygens (including phenoxy) is 1. The molecule has 0 saturated heterocycles. The van der Waals surface area contributed by atoms with Crippen LogP contribution in [0.4, 0.5) is 0 Å². The Labute approximate surface area is 112 Å². The molecule has 0 aliphatic heterocycles. The first-order valence-corrected chi connectivity index (χ1v) is 7.16. The van der Waals surface area contributed by atoms with Gasteiger partial charge in [-0.3, -0.25) is 0 Å². The van der Waals surface area contributed by atoms with E-state index in [1.165, 1.54) is 24.8 Å². The Morgan fingerprint density at radius 2 is 1.94 bits per heavy atom. The van der Waals surface area contributed by atoms with Gasteiger partial charge >= 0.3 is 0 Å². The predicted molar refractivity (Wildman–Crippen MR) is 76.7 cm³/mol. The number of halogens is 1. The molecule has 1 aromatic carbocycles. The standard InChI is InChI=1S/C13H19BrOS/c1-11-6-7-13(12(14)10-11)15-8-4-2-3-5-9-16/h6-7,10,16H,2-5,8-9H2,1H3. The van der Waals surface area contributed by atoms with Gasteiger partial charge in [-0.2, -0.15) is 12.6 Å². The molecule has 0 N–H and O–H groups in total. The highest BCUT2D eigenvalue weighted by Crippen LogP contribution is 2.25. The highest BCUT2D eigenvalue weighted by molar-refractivity contribution is 9.10. The fraction of sp³-hybridized carbons (Fsp3) is 0.538. The summed E-state index contributed by atoms with van der Waals surface area (Å²) in [6, 6.07) is 6.17. The minimum atomic E-state index is 0.800. The van der Waals surface area contributed by atoms with Crippen molar-refractivity contribution in [2.45, 2.75) is 32.6 Å². The molecular formula is C13H19BrOS. The van der Waals surface area contributed by atoms with Crippen LogP contribution in [0.15, 0.2) is 22.7 Å². The van der Waals surface area contributed by atoms with Gasteiger partial charge in [-0.25, -0.2) is 0 Å². The summed E-state index contributed by atoms with van der Waals surface area (Å²) in [5.74, 6) is 1.93. The third-order valence-electron chi connectivity index (χ3n) is 2.40. The zero-order chi connectivity index (χ0) is 11.8. The summed E-state index contributed by atoms with van der Waals surface area (Å²) in [6.45, 7) is 2.88. The minimum absolute atomic E-state index is 0.800. The summed E-state index contributed by atoms with van der Waals surface area (Å²) in [7, 11) is 0. The number of thiol groups is 1. The topological polar surface area (TPSA) is 9.23 Å². The molecule has 0 saturated carbocycles. The van der Waals surface area contributed by atoms with E-state index in [1.807, 2.05) is 6.07 Å². The van der Waals surface area contributed by atoms with Crippen molar-refractivity contribution in [1.29, 1.82) is 0 Å². The zero-order valence-electron chi connectivity index (χ0n) is 9.71. The van der Waals surface area contributed by atoms with E-state index in [1.54, 1.807) is 0 Å². The van der Waals surface area contributed by atoms with Crippen LogP contribution in [0.3, 0.4) is 0 Å². The first-order valence-electron chi connectivity index (χ1n) is 5.74. The second kappa shape index (κ2) is 8.02. The first kappa shape index (κ1) is 13.9. The quantitative estimate of drug-likeness (QED) is 0.571. The summed E-state index contributed by atoms with van der Waals surface area (Å²) >= 11 is 7.69. The van der Waals surface area contributed by atoms with Crippen LogP contribution in [-0.4, -0.2) is 12.4 Å². The summed E-state index contributed by atoms with van der Waals surface area (Å²) in [5, 5.41) is 0. The lowest BCUT2D eigenvalue weighted by atomic mass is 10.2. The molecule has 3 heteroatoms. The van der Waals surface area contributed by atoms with Gasteiger partial charge < -0.3 is 4.74 Å². The number of aryl methyl sites for hydroxylation is 1. The van der Waals surface area contributed by atoms with Crippen LogP contribution in [0.2, 0.25) is 0 Å². The van der Waals surface area contributed by atoms with Crippen molar-refractivity contribution in [3.63, 3.8) is 0 Å². The first-order chi connectivity index (χ1) is 7.74. The van der Waals surface area contributed by atoms with Crippen molar-refractivity contribution in [2.24, 2.45) is 0 Å². The average Bonchev–Trinajstić information content (AvgIpc) is 2.26. The molecule has 0 amide bonds. The molecule has 0 aliphatic rings. The van der Waals surface area contributed by atoms with Crippen molar-refractivity contribution in [3.8, 4) is 5.75 Å². The maximum absolute atomic E-state index is 5.71. The van der Waals surface area contributed by atoms with E-state index < -0.39 is 0 Å². The van der Waals surface area contributed by atoms with Crippen LogP contribution in [0.5, 0.6) is 5.75 Å². The molecule has 0 aliphatic carbocycles. The van der Waals surface area contributed by atoms with Crippen LogP contribution in [0.25, 0.3) is 0 Å². The van der Waals surface area contributed by atoms with Gasteiger partial charge in [-0.1, -0.05) is 18.9 Å². The zero-order valence-corrected chi connectivity index (χ0v) is 12.2. The fourth-order valence-electron chi connectivity index (χ4n) is 1.47. The van der Waals surface area contributed by atoms with Gasteiger partial charge in [0, 0.05) is 0 Å². The molecule has 0 fully saturated rings. The Balaban J connectivity index is 2.21. The molecule has 16 heavy (non-hydrogen) atoms. The van der Waals surface area contributed by atoms with E-state index in [0.717, 1.165) is 29.0 Å². The maximum atomic E-state index is 5.71. The van der Waals surface area contributed by atoms with Crippen molar-refractivity contribution in [2.75, 3.05) is 12.4 Å². The van der Waals surface area contributed by atoms with Crippen LogP contribution in [0.1, 0.15) is 31.2 Å². The second-order valence-corrected chi connectivity index (χ2v) is 5.22. The van der Waals surface area contributed by atoms with E-state index >= 15 is 0 Å². The molecule has 0 bridgehead atoms. The molecule has 0 heterocycles. The SMILES string of the molecule is Cc1ccc(OCCCCCCS)c(Br)c1. The molecule has 90 valence electrons. The van der Waals surface area contributed by atoms with E-state index in [4.69, 9.17) is 4.74 Å². The van der Waals surface area contributed by atoms with Gasteiger partial charge in [0.2, 0.25) is 0 Å². The van der Waals surface area contributed by atoms with Crippen LogP contribution >= 0.6 is 28.6 Å². The lowest BCUT2D eigenvalue weighted by Crippen LogP contribution is -1.98. The molecule has 1 rings (SSSR count). The smallest absolute Gasteiger partial charge is 0.133 e. The van der Waals surface area contributed by atoms with Gasteiger partial charge in [0.25, 0.3) is 0 Å². The maximum Gasteiger partial charge on any atom is 0.133 e.